The number of aromatic nitrogens is 1. The van der Waals surface area contributed by atoms with Crippen molar-refractivity contribution in [2.45, 2.75) is 31.3 Å². The number of nitrogens with zero attached hydrogens (tertiary/aromatic N) is 2. The van der Waals surface area contributed by atoms with Gasteiger partial charge in [0, 0.05) is 38.5 Å². The van der Waals surface area contributed by atoms with E-state index in [2.05, 4.69) is 9.88 Å². The highest BCUT2D eigenvalue weighted by atomic mass is 19.3. The summed E-state index contributed by atoms with van der Waals surface area (Å²) in [6.07, 6.45) is 0.785. The molecule has 1 atom stereocenters. The fourth-order valence-electron chi connectivity index (χ4n) is 2.96. The number of ether oxygens (including phenoxy) is 1. The van der Waals surface area contributed by atoms with Crippen molar-refractivity contribution in [3.8, 4) is 5.88 Å². The lowest BCUT2D eigenvalue weighted by molar-refractivity contribution is -0.115. The molecule has 6 heteroatoms. The number of halogens is 3. The van der Waals surface area contributed by atoms with Gasteiger partial charge in [-0.25, -0.2) is 8.78 Å². The number of pyridine rings is 1. The van der Waals surface area contributed by atoms with Crippen molar-refractivity contribution >= 4 is 0 Å². The van der Waals surface area contributed by atoms with Crippen molar-refractivity contribution in [3.05, 3.63) is 24.1 Å². The van der Waals surface area contributed by atoms with Gasteiger partial charge < -0.3 is 4.74 Å². The van der Waals surface area contributed by atoms with Gasteiger partial charge in [-0.3, -0.25) is 4.90 Å². The van der Waals surface area contributed by atoms with Gasteiger partial charge >= 0.3 is 0 Å². The molecule has 1 saturated heterocycles. The van der Waals surface area contributed by atoms with Crippen molar-refractivity contribution in [1.29, 1.82) is 0 Å². The fourth-order valence-corrected chi connectivity index (χ4v) is 2.96. The Morgan fingerprint density at radius 2 is 2.15 bits per heavy atom. The van der Waals surface area contributed by atoms with Crippen LogP contribution in [0.3, 0.4) is 0 Å². The van der Waals surface area contributed by atoms with Crippen LogP contribution in [0, 0.1) is 11.9 Å². The van der Waals surface area contributed by atoms with Gasteiger partial charge in [-0.2, -0.15) is 9.37 Å². The summed E-state index contributed by atoms with van der Waals surface area (Å²) in [5, 5.41) is 0. The summed E-state index contributed by atoms with van der Waals surface area (Å²) in [5.74, 6) is -2.64. The zero-order valence-corrected chi connectivity index (χ0v) is 11.1. The molecular weight excluding hydrogens is 269 g/mol. The molecule has 1 aliphatic heterocycles. The Balaban J connectivity index is 1.45. The Morgan fingerprint density at radius 3 is 2.85 bits per heavy atom. The number of rotatable bonds is 4. The van der Waals surface area contributed by atoms with Crippen LogP contribution in [0.15, 0.2) is 18.2 Å². The van der Waals surface area contributed by atoms with Crippen molar-refractivity contribution in [1.82, 2.24) is 9.88 Å². The maximum absolute atomic E-state index is 12.9. The molecular formula is C14H17F3N2O. The number of likely N-dealkylation sites (tertiary alicyclic amines) is 1. The van der Waals surface area contributed by atoms with Gasteiger partial charge in [-0.05, 0) is 18.4 Å². The maximum atomic E-state index is 12.9. The summed E-state index contributed by atoms with van der Waals surface area (Å²) < 4.78 is 44.1. The number of alkyl halides is 2. The molecule has 3 nitrogen and oxygen atoms in total. The molecule has 2 heterocycles. The number of hydrogen-bond donors (Lipinski definition) is 0. The minimum Gasteiger partial charge on any atom is -0.473 e. The molecule has 0 bridgehead atoms. The first kappa shape index (κ1) is 13.7. The molecule has 0 spiro atoms. The first-order valence-electron chi connectivity index (χ1n) is 6.90. The summed E-state index contributed by atoms with van der Waals surface area (Å²) in [5.41, 5.74) is 0. The first-order chi connectivity index (χ1) is 9.50. The van der Waals surface area contributed by atoms with Crippen LogP contribution in [-0.2, 0) is 0 Å². The summed E-state index contributed by atoms with van der Waals surface area (Å²) in [4.78, 5) is 5.81. The predicted molar refractivity (Wildman–Crippen MR) is 67.3 cm³/mol. The summed E-state index contributed by atoms with van der Waals surface area (Å²) >= 11 is 0. The molecule has 2 aliphatic rings. The minimum atomic E-state index is -2.45. The molecule has 1 aromatic rings. The van der Waals surface area contributed by atoms with Gasteiger partial charge in [0.1, 0.15) is 6.10 Å². The standard InChI is InChI=1S/C14H17F3N2O/c15-12-2-1-3-13(18-12)20-11-4-5-19(9-11)8-10-6-14(16,17)7-10/h1-3,10-11H,4-9H2. The van der Waals surface area contributed by atoms with Crippen LogP contribution in [0.5, 0.6) is 5.88 Å². The van der Waals surface area contributed by atoms with E-state index < -0.39 is 11.9 Å². The molecule has 20 heavy (non-hydrogen) atoms. The van der Waals surface area contributed by atoms with Crippen molar-refractivity contribution in [2.24, 2.45) is 5.92 Å². The van der Waals surface area contributed by atoms with E-state index in [0.717, 1.165) is 13.0 Å². The predicted octanol–water partition coefficient (Wildman–Crippen LogP) is 2.72. The van der Waals surface area contributed by atoms with Crippen LogP contribution in [0.4, 0.5) is 13.2 Å². The molecule has 1 saturated carbocycles. The monoisotopic (exact) mass is 286 g/mol. The second kappa shape index (κ2) is 5.24. The molecule has 2 fully saturated rings. The molecule has 1 aliphatic carbocycles. The Morgan fingerprint density at radius 1 is 1.35 bits per heavy atom. The van der Waals surface area contributed by atoms with Gasteiger partial charge in [0.05, 0.1) is 0 Å². The highest BCUT2D eigenvalue weighted by molar-refractivity contribution is 5.11. The molecule has 0 radical (unpaired) electrons. The highest BCUT2D eigenvalue weighted by Crippen LogP contribution is 2.42. The lowest BCUT2D eigenvalue weighted by Crippen LogP contribution is -2.42. The molecule has 1 aromatic heterocycles. The van der Waals surface area contributed by atoms with Crippen molar-refractivity contribution in [3.63, 3.8) is 0 Å². The molecule has 3 rings (SSSR count). The smallest absolute Gasteiger partial charge is 0.248 e. The van der Waals surface area contributed by atoms with E-state index in [1.807, 2.05) is 0 Å². The van der Waals surface area contributed by atoms with Gasteiger partial charge in [0.25, 0.3) is 0 Å². The topological polar surface area (TPSA) is 25.4 Å². The number of hydrogen-bond acceptors (Lipinski definition) is 3. The zero-order chi connectivity index (χ0) is 14.2. The molecule has 0 aromatic carbocycles. The Bertz CT molecular complexity index is 475. The Hall–Kier alpha value is -1.30. The molecule has 1 unspecified atom stereocenters. The molecule has 0 N–H and O–H groups in total. The van der Waals surface area contributed by atoms with E-state index in [1.165, 1.54) is 6.07 Å². The first-order valence-corrected chi connectivity index (χ1v) is 6.90. The van der Waals surface area contributed by atoms with Crippen LogP contribution in [0.1, 0.15) is 19.3 Å². The highest BCUT2D eigenvalue weighted by Gasteiger charge is 2.46. The van der Waals surface area contributed by atoms with Gasteiger partial charge in [0.2, 0.25) is 17.8 Å². The fraction of sp³-hybridized carbons (Fsp3) is 0.643. The van der Waals surface area contributed by atoms with E-state index in [9.17, 15) is 13.2 Å². The lowest BCUT2D eigenvalue weighted by Gasteiger charge is -2.37. The third-order valence-corrected chi connectivity index (χ3v) is 3.90. The molecule has 110 valence electrons. The van der Waals surface area contributed by atoms with E-state index in [1.54, 1.807) is 12.1 Å². The minimum absolute atomic E-state index is 0.000472. The van der Waals surface area contributed by atoms with Crippen LogP contribution >= 0.6 is 0 Å². The summed E-state index contributed by atoms with van der Waals surface area (Å²) in [7, 11) is 0. The normalized spacial score (nSPS) is 26.4. The third kappa shape index (κ3) is 3.23. The largest absolute Gasteiger partial charge is 0.473 e. The van der Waals surface area contributed by atoms with E-state index in [0.29, 0.717) is 13.1 Å². The maximum Gasteiger partial charge on any atom is 0.248 e. The quantitative estimate of drug-likeness (QED) is 0.796. The lowest BCUT2D eigenvalue weighted by atomic mass is 9.81. The van der Waals surface area contributed by atoms with Crippen LogP contribution in [0.25, 0.3) is 0 Å². The zero-order valence-electron chi connectivity index (χ0n) is 11.1. The molecule has 0 amide bonds. The second-order valence-electron chi connectivity index (χ2n) is 5.72. The van der Waals surface area contributed by atoms with Gasteiger partial charge in [0.15, 0.2) is 0 Å². The van der Waals surface area contributed by atoms with Gasteiger partial charge in [-0.1, -0.05) is 6.07 Å². The van der Waals surface area contributed by atoms with Crippen LogP contribution in [-0.4, -0.2) is 41.5 Å². The van der Waals surface area contributed by atoms with E-state index in [-0.39, 0.29) is 30.7 Å². The summed E-state index contributed by atoms with van der Waals surface area (Å²) in [6, 6.07) is 4.45. The van der Waals surface area contributed by atoms with E-state index in [4.69, 9.17) is 4.74 Å². The SMILES string of the molecule is Fc1cccc(OC2CCN(CC3CC(F)(F)C3)C2)n1. The third-order valence-electron chi connectivity index (χ3n) is 3.90. The van der Waals surface area contributed by atoms with E-state index >= 15 is 0 Å². The Labute approximate surface area is 115 Å². The average Bonchev–Trinajstić information content (AvgIpc) is 2.74. The van der Waals surface area contributed by atoms with Crippen molar-refractivity contribution < 1.29 is 17.9 Å². The van der Waals surface area contributed by atoms with Crippen molar-refractivity contribution in [2.75, 3.05) is 19.6 Å². The Kier molecular flexibility index (Phi) is 3.58. The average molecular weight is 286 g/mol. The second-order valence-corrected chi connectivity index (χ2v) is 5.72. The summed E-state index contributed by atoms with van der Waals surface area (Å²) in [6.45, 7) is 2.23. The van der Waals surface area contributed by atoms with Gasteiger partial charge in [-0.15, -0.1) is 0 Å². The van der Waals surface area contributed by atoms with Crippen LogP contribution < -0.4 is 4.74 Å². The van der Waals surface area contributed by atoms with Crippen LogP contribution in [0.2, 0.25) is 0 Å².